The molecule has 0 nitrogen and oxygen atoms in total. The number of hydrogen-bond acceptors (Lipinski definition) is 0. The monoisotopic (exact) mass is 256 g/mol. The van der Waals surface area contributed by atoms with Crippen LogP contribution in [0, 0.1) is 0 Å². The highest BCUT2D eigenvalue weighted by Gasteiger charge is 2.34. The van der Waals surface area contributed by atoms with Crippen molar-refractivity contribution in [3.8, 4) is 0 Å². The lowest BCUT2D eigenvalue weighted by Crippen LogP contribution is -1.88. The van der Waals surface area contributed by atoms with Crippen molar-refractivity contribution in [2.24, 2.45) is 0 Å². The Morgan fingerprint density at radius 1 is 0.700 bits per heavy atom. The molecule has 0 N–H and O–H groups in total. The fourth-order valence-electron chi connectivity index (χ4n) is 4.15. The summed E-state index contributed by atoms with van der Waals surface area (Å²) >= 11 is 0. The Bertz CT molecular complexity index is 777. The van der Waals surface area contributed by atoms with E-state index in [9.17, 15) is 0 Å². The van der Waals surface area contributed by atoms with Gasteiger partial charge in [-0.15, -0.1) is 0 Å². The van der Waals surface area contributed by atoms with Crippen molar-refractivity contribution in [1.29, 1.82) is 0 Å². The molecule has 0 saturated carbocycles. The van der Waals surface area contributed by atoms with E-state index in [1.807, 2.05) is 0 Å². The maximum Gasteiger partial charge on any atom is -0.00139 e. The lowest BCUT2D eigenvalue weighted by atomic mass is 9.96. The van der Waals surface area contributed by atoms with E-state index < -0.39 is 0 Å². The largest absolute Gasteiger partial charge is 0.0798 e. The summed E-state index contributed by atoms with van der Waals surface area (Å²) in [4.78, 5) is 0. The Hall–Kier alpha value is -2.08. The van der Waals surface area contributed by atoms with Gasteiger partial charge in [0.1, 0.15) is 0 Å². The zero-order valence-electron chi connectivity index (χ0n) is 11.4. The molecule has 0 bridgehead atoms. The molecule has 0 saturated heterocycles. The molecule has 0 heterocycles. The van der Waals surface area contributed by atoms with Gasteiger partial charge in [0, 0.05) is 0 Å². The second kappa shape index (κ2) is 3.73. The van der Waals surface area contributed by atoms with Crippen LogP contribution in [-0.4, -0.2) is 0 Å². The third-order valence-electron chi connectivity index (χ3n) is 5.10. The van der Waals surface area contributed by atoms with Crippen LogP contribution >= 0.6 is 0 Å². The molecule has 1 aromatic rings. The van der Waals surface area contributed by atoms with Crippen molar-refractivity contribution in [3.63, 3.8) is 0 Å². The second-order valence-corrected chi connectivity index (χ2v) is 6.14. The van der Waals surface area contributed by atoms with E-state index in [0.29, 0.717) is 0 Å². The van der Waals surface area contributed by atoms with Crippen molar-refractivity contribution < 1.29 is 0 Å². The van der Waals surface area contributed by atoms with Crippen molar-refractivity contribution in [3.05, 3.63) is 87.6 Å². The van der Waals surface area contributed by atoms with Crippen molar-refractivity contribution in [1.82, 2.24) is 0 Å². The van der Waals surface area contributed by atoms with Crippen LogP contribution < -0.4 is 0 Å². The van der Waals surface area contributed by atoms with E-state index in [4.69, 9.17) is 0 Å². The van der Waals surface area contributed by atoms with Crippen LogP contribution in [0.15, 0.2) is 82.0 Å². The van der Waals surface area contributed by atoms with Gasteiger partial charge in [0.15, 0.2) is 0 Å². The summed E-state index contributed by atoms with van der Waals surface area (Å²) in [6.45, 7) is 0. The normalized spacial score (nSPS) is 22.7. The summed E-state index contributed by atoms with van der Waals surface area (Å²) in [5, 5.41) is 0. The average molecular weight is 256 g/mol. The molecule has 0 aliphatic heterocycles. The Labute approximate surface area is 119 Å². The van der Waals surface area contributed by atoms with Crippen LogP contribution in [0.25, 0.3) is 5.57 Å². The predicted octanol–water partition coefficient (Wildman–Crippen LogP) is 5.13. The van der Waals surface area contributed by atoms with Crippen LogP contribution in [0.2, 0.25) is 0 Å². The average Bonchev–Trinajstić information content (AvgIpc) is 3.18. The van der Waals surface area contributed by atoms with Crippen LogP contribution in [0.3, 0.4) is 0 Å². The third-order valence-corrected chi connectivity index (χ3v) is 5.10. The molecular formula is C20H16. The van der Waals surface area contributed by atoms with Crippen LogP contribution in [0.5, 0.6) is 0 Å². The van der Waals surface area contributed by atoms with E-state index in [-0.39, 0.29) is 0 Å². The quantitative estimate of drug-likeness (QED) is 0.653. The van der Waals surface area contributed by atoms with E-state index in [0.717, 1.165) is 6.42 Å². The lowest BCUT2D eigenvalue weighted by Gasteiger charge is -2.08. The van der Waals surface area contributed by atoms with Gasteiger partial charge in [-0.1, -0.05) is 48.6 Å². The molecule has 20 heavy (non-hydrogen) atoms. The van der Waals surface area contributed by atoms with Gasteiger partial charge in [0.25, 0.3) is 0 Å². The first kappa shape index (κ1) is 10.7. The number of benzene rings is 1. The summed E-state index contributed by atoms with van der Waals surface area (Å²) in [6.07, 6.45) is 11.8. The summed E-state index contributed by atoms with van der Waals surface area (Å²) in [5.74, 6) is 0. The standard InChI is InChI=1S/C20H16/c1-2-5-13(6-3-1)15-9-16-12-19-17-8-4-7-14(17)10-20(19)18(16)11-15/h1-7,9H,8,10-12H2. The van der Waals surface area contributed by atoms with E-state index in [1.54, 1.807) is 33.4 Å². The number of allylic oxidation sites excluding steroid dienone is 10. The molecule has 1 aromatic carbocycles. The Balaban J connectivity index is 1.46. The van der Waals surface area contributed by atoms with Crippen molar-refractivity contribution in [2.75, 3.05) is 0 Å². The van der Waals surface area contributed by atoms with Crippen LogP contribution in [0.1, 0.15) is 31.2 Å². The topological polar surface area (TPSA) is 0 Å². The van der Waals surface area contributed by atoms with E-state index in [2.05, 4.69) is 48.6 Å². The van der Waals surface area contributed by atoms with Gasteiger partial charge in [-0.3, -0.25) is 0 Å². The summed E-state index contributed by atoms with van der Waals surface area (Å²) < 4.78 is 0. The van der Waals surface area contributed by atoms with E-state index in [1.165, 1.54) is 30.4 Å². The molecule has 96 valence electrons. The molecule has 0 amide bonds. The Kier molecular flexibility index (Phi) is 1.99. The Morgan fingerprint density at radius 2 is 1.50 bits per heavy atom. The fourth-order valence-corrected chi connectivity index (χ4v) is 4.15. The highest BCUT2D eigenvalue weighted by atomic mass is 14.4. The van der Waals surface area contributed by atoms with E-state index >= 15 is 0 Å². The van der Waals surface area contributed by atoms with Crippen LogP contribution in [-0.2, 0) is 0 Å². The van der Waals surface area contributed by atoms with Crippen molar-refractivity contribution in [2.45, 2.75) is 25.7 Å². The molecule has 0 aromatic heterocycles. The maximum atomic E-state index is 2.45. The number of hydrogen-bond donors (Lipinski definition) is 0. The minimum absolute atomic E-state index is 1.14. The Morgan fingerprint density at radius 3 is 2.40 bits per heavy atom. The van der Waals surface area contributed by atoms with Gasteiger partial charge < -0.3 is 0 Å². The SMILES string of the molecule is C1=CC2=C(C1)C1=C(C2)C2=C(C=C(c3ccccc3)C2)C1. The first-order valence-electron chi connectivity index (χ1n) is 7.49. The third kappa shape index (κ3) is 1.31. The summed E-state index contributed by atoms with van der Waals surface area (Å²) in [7, 11) is 0. The summed E-state index contributed by atoms with van der Waals surface area (Å²) in [6, 6.07) is 10.8. The van der Waals surface area contributed by atoms with Gasteiger partial charge in [-0.05, 0) is 70.3 Å². The first-order valence-corrected chi connectivity index (χ1v) is 7.49. The molecule has 4 aliphatic carbocycles. The highest BCUT2D eigenvalue weighted by molar-refractivity contribution is 5.81. The van der Waals surface area contributed by atoms with Crippen LogP contribution in [0.4, 0.5) is 0 Å². The van der Waals surface area contributed by atoms with Crippen molar-refractivity contribution >= 4 is 5.57 Å². The van der Waals surface area contributed by atoms with Gasteiger partial charge in [0.05, 0.1) is 0 Å². The van der Waals surface area contributed by atoms with Gasteiger partial charge in [0.2, 0.25) is 0 Å². The molecule has 0 atom stereocenters. The molecule has 0 fully saturated rings. The zero-order chi connectivity index (χ0) is 13.1. The minimum Gasteiger partial charge on any atom is -0.0798 e. The molecule has 5 rings (SSSR count). The van der Waals surface area contributed by atoms with Gasteiger partial charge in [-0.2, -0.15) is 0 Å². The minimum atomic E-state index is 1.14. The molecule has 0 radical (unpaired) electrons. The molecule has 4 aliphatic rings. The highest BCUT2D eigenvalue weighted by Crippen LogP contribution is 2.53. The maximum absolute atomic E-state index is 2.45. The molecule has 0 spiro atoms. The fraction of sp³-hybridized carbons (Fsp3) is 0.200. The smallest absolute Gasteiger partial charge is 0.00139 e. The lowest BCUT2D eigenvalue weighted by molar-refractivity contribution is 1.15. The second-order valence-electron chi connectivity index (χ2n) is 6.14. The molecular weight excluding hydrogens is 240 g/mol. The number of rotatable bonds is 1. The zero-order valence-corrected chi connectivity index (χ0v) is 11.4. The summed E-state index contributed by atoms with van der Waals surface area (Å²) in [5.41, 5.74) is 12.7. The molecule has 0 heteroatoms. The van der Waals surface area contributed by atoms with Gasteiger partial charge >= 0.3 is 0 Å². The number of fused-ring (bicyclic) bond motifs is 2. The first-order chi connectivity index (χ1) is 9.90. The predicted molar refractivity (Wildman–Crippen MR) is 83.1 cm³/mol. The van der Waals surface area contributed by atoms with Gasteiger partial charge in [-0.25, -0.2) is 0 Å². The molecule has 0 unspecified atom stereocenters.